The Hall–Kier alpha value is -0.870. The van der Waals surface area contributed by atoms with Gasteiger partial charge in [0.15, 0.2) is 0 Å². The SMILES string of the molecule is C=C(C)[C@H]1CC2O[C@@]2(C)[C@](O)(CC(=O)OC)C1. The predicted octanol–water partition coefficient (Wildman–Crippen LogP) is 1.42. The highest BCUT2D eigenvalue weighted by Crippen LogP contribution is 2.57. The van der Waals surface area contributed by atoms with Gasteiger partial charge in [0, 0.05) is 0 Å². The Morgan fingerprint density at radius 1 is 1.65 bits per heavy atom. The number of fused-ring (bicyclic) bond motifs is 1. The third-order valence-electron chi connectivity index (χ3n) is 4.31. The number of hydrogen-bond donors (Lipinski definition) is 1. The van der Waals surface area contributed by atoms with Gasteiger partial charge in [-0.15, -0.1) is 0 Å². The summed E-state index contributed by atoms with van der Waals surface area (Å²) < 4.78 is 10.3. The molecule has 1 saturated heterocycles. The topological polar surface area (TPSA) is 59.1 Å². The first-order chi connectivity index (χ1) is 7.82. The number of ether oxygens (including phenoxy) is 2. The van der Waals surface area contributed by atoms with Crippen molar-refractivity contribution in [2.45, 2.75) is 50.4 Å². The Bertz CT molecular complexity index is 364. The van der Waals surface area contributed by atoms with Crippen molar-refractivity contribution >= 4 is 5.97 Å². The summed E-state index contributed by atoms with van der Waals surface area (Å²) in [5, 5.41) is 10.7. The molecule has 0 aromatic rings. The Morgan fingerprint density at radius 2 is 2.29 bits per heavy atom. The van der Waals surface area contributed by atoms with E-state index in [0.29, 0.717) is 6.42 Å². The molecule has 4 atom stereocenters. The lowest BCUT2D eigenvalue weighted by atomic mass is 9.68. The van der Waals surface area contributed by atoms with Crippen molar-refractivity contribution in [3.63, 3.8) is 0 Å². The van der Waals surface area contributed by atoms with Gasteiger partial charge in [-0.05, 0) is 32.6 Å². The van der Waals surface area contributed by atoms with Crippen LogP contribution < -0.4 is 0 Å². The van der Waals surface area contributed by atoms with E-state index in [4.69, 9.17) is 4.74 Å². The molecule has 1 unspecified atom stereocenters. The molecule has 2 aliphatic rings. The first-order valence-electron chi connectivity index (χ1n) is 5.95. The Morgan fingerprint density at radius 3 is 2.82 bits per heavy atom. The van der Waals surface area contributed by atoms with Crippen LogP contribution in [0.1, 0.15) is 33.1 Å². The number of carbonyl (C=O) groups excluding carboxylic acids is 1. The van der Waals surface area contributed by atoms with Crippen molar-refractivity contribution in [1.82, 2.24) is 0 Å². The molecule has 0 bridgehead atoms. The number of esters is 1. The molecule has 1 N–H and O–H groups in total. The van der Waals surface area contributed by atoms with E-state index in [1.54, 1.807) is 0 Å². The van der Waals surface area contributed by atoms with Crippen LogP contribution in [0.15, 0.2) is 12.2 Å². The summed E-state index contributed by atoms with van der Waals surface area (Å²) in [5.74, 6) is -0.185. The third kappa shape index (κ3) is 1.89. The van der Waals surface area contributed by atoms with Crippen LogP contribution in [0.25, 0.3) is 0 Å². The molecular formula is C13H20O4. The fourth-order valence-electron chi connectivity index (χ4n) is 2.83. The van der Waals surface area contributed by atoms with Gasteiger partial charge in [-0.1, -0.05) is 12.2 Å². The van der Waals surface area contributed by atoms with E-state index in [9.17, 15) is 9.90 Å². The fourth-order valence-corrected chi connectivity index (χ4v) is 2.83. The second-order valence-corrected chi connectivity index (χ2v) is 5.48. The number of aliphatic hydroxyl groups is 1. The van der Waals surface area contributed by atoms with Crippen LogP contribution in [0.3, 0.4) is 0 Å². The van der Waals surface area contributed by atoms with E-state index in [0.717, 1.165) is 12.0 Å². The second-order valence-electron chi connectivity index (χ2n) is 5.48. The van der Waals surface area contributed by atoms with E-state index < -0.39 is 17.2 Å². The van der Waals surface area contributed by atoms with Crippen LogP contribution in [-0.4, -0.2) is 35.5 Å². The number of allylic oxidation sites excluding steroid dienone is 1. The zero-order valence-electron chi connectivity index (χ0n) is 10.7. The lowest BCUT2D eigenvalue weighted by Crippen LogP contribution is -2.51. The summed E-state index contributed by atoms with van der Waals surface area (Å²) in [7, 11) is 1.33. The largest absolute Gasteiger partial charge is 0.469 e. The summed E-state index contributed by atoms with van der Waals surface area (Å²) >= 11 is 0. The van der Waals surface area contributed by atoms with Crippen molar-refractivity contribution in [1.29, 1.82) is 0 Å². The minimum Gasteiger partial charge on any atom is -0.469 e. The normalized spacial score (nSPS) is 43.8. The zero-order valence-corrected chi connectivity index (χ0v) is 10.7. The molecule has 4 nitrogen and oxygen atoms in total. The highest BCUT2D eigenvalue weighted by molar-refractivity contribution is 5.71. The van der Waals surface area contributed by atoms with Gasteiger partial charge >= 0.3 is 5.97 Å². The van der Waals surface area contributed by atoms with Crippen LogP contribution >= 0.6 is 0 Å². The molecule has 0 spiro atoms. The van der Waals surface area contributed by atoms with E-state index in [2.05, 4.69) is 11.3 Å². The molecule has 0 aromatic carbocycles. The van der Waals surface area contributed by atoms with E-state index in [1.807, 2.05) is 13.8 Å². The van der Waals surface area contributed by atoms with Gasteiger partial charge < -0.3 is 14.6 Å². The zero-order chi connectivity index (χ0) is 12.8. The Balaban J connectivity index is 2.18. The first kappa shape index (κ1) is 12.6. The van der Waals surface area contributed by atoms with E-state index in [1.165, 1.54) is 7.11 Å². The Labute approximate surface area is 102 Å². The molecule has 0 radical (unpaired) electrons. The quantitative estimate of drug-likeness (QED) is 0.460. The molecule has 17 heavy (non-hydrogen) atoms. The lowest BCUT2D eigenvalue weighted by Gasteiger charge is -2.38. The number of hydrogen-bond acceptors (Lipinski definition) is 4. The maximum absolute atomic E-state index is 11.4. The molecule has 96 valence electrons. The number of epoxide rings is 1. The van der Waals surface area contributed by atoms with Crippen LogP contribution in [0, 0.1) is 5.92 Å². The molecule has 1 aliphatic carbocycles. The minimum atomic E-state index is -1.13. The summed E-state index contributed by atoms with van der Waals surface area (Å²) in [6.45, 7) is 7.76. The molecule has 1 saturated carbocycles. The summed E-state index contributed by atoms with van der Waals surface area (Å²) in [5.41, 5.74) is -0.689. The fraction of sp³-hybridized carbons (Fsp3) is 0.769. The predicted molar refractivity (Wildman–Crippen MR) is 62.4 cm³/mol. The number of methoxy groups -OCH3 is 1. The van der Waals surface area contributed by atoms with Crippen molar-refractivity contribution in [3.8, 4) is 0 Å². The molecule has 0 amide bonds. The van der Waals surface area contributed by atoms with E-state index in [-0.39, 0.29) is 18.4 Å². The number of carbonyl (C=O) groups is 1. The van der Waals surface area contributed by atoms with Gasteiger partial charge in [0.25, 0.3) is 0 Å². The highest BCUT2D eigenvalue weighted by Gasteiger charge is 2.69. The first-order valence-corrected chi connectivity index (χ1v) is 5.95. The average molecular weight is 240 g/mol. The number of rotatable bonds is 3. The van der Waals surface area contributed by atoms with Crippen molar-refractivity contribution in [3.05, 3.63) is 12.2 Å². The molecule has 1 heterocycles. The van der Waals surface area contributed by atoms with Crippen molar-refractivity contribution in [2.24, 2.45) is 5.92 Å². The van der Waals surface area contributed by atoms with Crippen molar-refractivity contribution < 1.29 is 19.4 Å². The molecule has 2 rings (SSSR count). The Kier molecular flexibility index (Phi) is 2.83. The molecule has 2 fully saturated rings. The summed E-state index contributed by atoms with van der Waals surface area (Å²) in [6, 6.07) is 0. The summed E-state index contributed by atoms with van der Waals surface area (Å²) in [4.78, 5) is 11.4. The van der Waals surface area contributed by atoms with Gasteiger partial charge in [-0.3, -0.25) is 4.79 Å². The van der Waals surface area contributed by atoms with Gasteiger partial charge in [0.2, 0.25) is 0 Å². The highest BCUT2D eigenvalue weighted by atomic mass is 16.6. The maximum atomic E-state index is 11.4. The van der Waals surface area contributed by atoms with Gasteiger partial charge in [-0.2, -0.15) is 0 Å². The van der Waals surface area contributed by atoms with Gasteiger partial charge in [0.05, 0.1) is 19.6 Å². The van der Waals surface area contributed by atoms with Gasteiger partial charge in [0.1, 0.15) is 11.2 Å². The average Bonchev–Trinajstić information content (AvgIpc) is 2.90. The third-order valence-corrected chi connectivity index (χ3v) is 4.31. The molecule has 4 heteroatoms. The summed E-state index contributed by atoms with van der Waals surface area (Å²) in [6.07, 6.45) is 1.42. The monoisotopic (exact) mass is 240 g/mol. The standard InChI is InChI=1S/C13H20O4/c1-8(2)9-5-10-12(3,17-10)13(15,6-9)7-11(14)16-4/h9-10,15H,1,5-7H2,2-4H3/t9-,10?,12+,13+/m0/s1. The van der Waals surface area contributed by atoms with Crippen LogP contribution in [-0.2, 0) is 14.3 Å². The molecule has 0 aromatic heterocycles. The van der Waals surface area contributed by atoms with Crippen LogP contribution in [0.4, 0.5) is 0 Å². The smallest absolute Gasteiger partial charge is 0.308 e. The second kappa shape index (κ2) is 3.82. The van der Waals surface area contributed by atoms with E-state index >= 15 is 0 Å². The van der Waals surface area contributed by atoms with Gasteiger partial charge in [-0.25, -0.2) is 0 Å². The molecule has 1 aliphatic heterocycles. The van der Waals surface area contributed by atoms with Crippen molar-refractivity contribution in [2.75, 3.05) is 7.11 Å². The van der Waals surface area contributed by atoms with Crippen LogP contribution in [0.2, 0.25) is 0 Å². The molecular weight excluding hydrogens is 220 g/mol. The van der Waals surface area contributed by atoms with Crippen LogP contribution in [0.5, 0.6) is 0 Å². The maximum Gasteiger partial charge on any atom is 0.308 e. The minimum absolute atomic E-state index is 0.0136. The lowest BCUT2D eigenvalue weighted by molar-refractivity contribution is -0.151.